The first-order valence-electron chi connectivity index (χ1n) is 5.00. The van der Waals surface area contributed by atoms with Crippen molar-refractivity contribution in [2.45, 2.75) is 24.9 Å². The van der Waals surface area contributed by atoms with Gasteiger partial charge in [-0.05, 0) is 19.9 Å². The van der Waals surface area contributed by atoms with E-state index in [9.17, 15) is 8.42 Å². The number of nitrogens with one attached hydrogen (secondary N) is 1. The summed E-state index contributed by atoms with van der Waals surface area (Å²) in [5, 5.41) is 6.23. The smallest absolute Gasteiger partial charge is 0.260 e. The van der Waals surface area contributed by atoms with Gasteiger partial charge >= 0.3 is 0 Å². The monoisotopic (exact) mass is 247 g/mol. The molecule has 0 spiro atoms. The number of H-pyrrole nitrogens is 1. The van der Waals surface area contributed by atoms with Crippen molar-refractivity contribution in [1.82, 2.24) is 14.5 Å². The number of aromatic amines is 1. The van der Waals surface area contributed by atoms with E-state index in [1.807, 2.05) is 13.8 Å². The Balaban J connectivity index is 2.94. The third-order valence-electron chi connectivity index (χ3n) is 2.15. The van der Waals surface area contributed by atoms with Gasteiger partial charge in [0, 0.05) is 19.7 Å². The molecular weight excluding hydrogens is 230 g/mol. The Hall–Kier alpha value is -0.920. The van der Waals surface area contributed by atoms with E-state index in [4.69, 9.17) is 4.74 Å². The van der Waals surface area contributed by atoms with Crippen LogP contribution in [0.2, 0.25) is 0 Å². The summed E-state index contributed by atoms with van der Waals surface area (Å²) in [5.41, 5.74) is 0. The van der Waals surface area contributed by atoms with Crippen LogP contribution in [0.15, 0.2) is 17.3 Å². The fourth-order valence-corrected chi connectivity index (χ4v) is 2.87. The lowest BCUT2D eigenvalue weighted by atomic mass is 10.4. The Labute approximate surface area is 95.7 Å². The van der Waals surface area contributed by atoms with Gasteiger partial charge in [0.2, 0.25) is 0 Å². The number of nitrogens with zero attached hydrogens (tertiary/aromatic N) is 2. The zero-order valence-electron chi connectivity index (χ0n) is 9.67. The van der Waals surface area contributed by atoms with Crippen molar-refractivity contribution in [1.29, 1.82) is 0 Å². The van der Waals surface area contributed by atoms with Crippen LogP contribution in [0.5, 0.6) is 0 Å². The second-order valence-electron chi connectivity index (χ2n) is 3.62. The van der Waals surface area contributed by atoms with Crippen LogP contribution in [0.4, 0.5) is 0 Å². The maximum absolute atomic E-state index is 12.1. The number of hydrogen-bond donors (Lipinski definition) is 1. The quantitative estimate of drug-likeness (QED) is 0.792. The number of aromatic nitrogens is 2. The number of rotatable bonds is 6. The molecule has 1 N–H and O–H groups in total. The lowest BCUT2D eigenvalue weighted by molar-refractivity contribution is 0.170. The van der Waals surface area contributed by atoms with Crippen molar-refractivity contribution >= 4 is 10.0 Å². The van der Waals surface area contributed by atoms with Crippen molar-refractivity contribution in [3.8, 4) is 0 Å². The predicted octanol–water partition coefficient (Wildman–Crippen LogP) is 0.455. The molecule has 0 aliphatic heterocycles. The molecule has 7 heteroatoms. The van der Waals surface area contributed by atoms with Gasteiger partial charge in [-0.1, -0.05) is 0 Å². The third-order valence-corrected chi connectivity index (χ3v) is 4.16. The summed E-state index contributed by atoms with van der Waals surface area (Å²) in [6, 6.07) is 1.32. The van der Waals surface area contributed by atoms with E-state index in [1.54, 1.807) is 7.11 Å². The molecule has 16 heavy (non-hydrogen) atoms. The summed E-state index contributed by atoms with van der Waals surface area (Å²) in [7, 11) is -1.95. The van der Waals surface area contributed by atoms with Crippen LogP contribution in [0.1, 0.15) is 13.8 Å². The van der Waals surface area contributed by atoms with Gasteiger partial charge in [-0.2, -0.15) is 9.40 Å². The SMILES string of the molecule is COCCN(C(C)C)S(=O)(=O)c1ccn[nH]1. The summed E-state index contributed by atoms with van der Waals surface area (Å²) >= 11 is 0. The average Bonchev–Trinajstić information content (AvgIpc) is 2.70. The average molecular weight is 247 g/mol. The lowest BCUT2D eigenvalue weighted by Crippen LogP contribution is -2.39. The normalized spacial score (nSPS) is 12.6. The van der Waals surface area contributed by atoms with E-state index in [2.05, 4.69) is 10.2 Å². The molecule has 0 unspecified atom stereocenters. The van der Waals surface area contributed by atoms with Crippen LogP contribution in [-0.4, -0.2) is 49.2 Å². The molecule has 0 aliphatic rings. The number of hydrogen-bond acceptors (Lipinski definition) is 4. The Kier molecular flexibility index (Phi) is 4.45. The van der Waals surface area contributed by atoms with Crippen LogP contribution < -0.4 is 0 Å². The van der Waals surface area contributed by atoms with Crippen molar-refractivity contribution in [2.24, 2.45) is 0 Å². The molecule has 1 aromatic heterocycles. The van der Waals surface area contributed by atoms with Crippen LogP contribution in [0.3, 0.4) is 0 Å². The molecule has 92 valence electrons. The highest BCUT2D eigenvalue weighted by Crippen LogP contribution is 2.14. The van der Waals surface area contributed by atoms with Gasteiger partial charge in [0.05, 0.1) is 12.8 Å². The van der Waals surface area contributed by atoms with Gasteiger partial charge in [-0.15, -0.1) is 0 Å². The van der Waals surface area contributed by atoms with Gasteiger partial charge in [0.25, 0.3) is 10.0 Å². The number of sulfonamides is 1. The highest BCUT2D eigenvalue weighted by Gasteiger charge is 2.27. The highest BCUT2D eigenvalue weighted by atomic mass is 32.2. The molecule has 0 bridgehead atoms. The van der Waals surface area contributed by atoms with Crippen molar-refractivity contribution in [2.75, 3.05) is 20.3 Å². The van der Waals surface area contributed by atoms with E-state index < -0.39 is 10.0 Å². The molecule has 0 amide bonds. The zero-order chi connectivity index (χ0) is 12.2. The largest absolute Gasteiger partial charge is 0.383 e. The topological polar surface area (TPSA) is 75.3 Å². The van der Waals surface area contributed by atoms with Crippen molar-refractivity contribution < 1.29 is 13.2 Å². The minimum atomic E-state index is -3.49. The zero-order valence-corrected chi connectivity index (χ0v) is 10.5. The van der Waals surface area contributed by atoms with E-state index in [-0.39, 0.29) is 11.1 Å². The van der Waals surface area contributed by atoms with E-state index in [1.165, 1.54) is 16.6 Å². The minimum Gasteiger partial charge on any atom is -0.383 e. The maximum Gasteiger partial charge on any atom is 0.260 e. The third kappa shape index (κ3) is 2.81. The van der Waals surface area contributed by atoms with Gasteiger partial charge in [-0.25, -0.2) is 8.42 Å². The summed E-state index contributed by atoms with van der Waals surface area (Å²) in [5.74, 6) is 0. The molecule has 0 saturated heterocycles. The summed E-state index contributed by atoms with van der Waals surface area (Å²) in [4.78, 5) is 0. The van der Waals surface area contributed by atoms with Crippen LogP contribution in [0, 0.1) is 0 Å². The standard InChI is InChI=1S/C9H17N3O3S/c1-8(2)12(6-7-15-3)16(13,14)9-4-5-10-11-9/h4-5,8H,6-7H2,1-3H3,(H,10,11). The Morgan fingerprint density at radius 3 is 2.69 bits per heavy atom. The lowest BCUT2D eigenvalue weighted by Gasteiger charge is -2.24. The molecule has 1 rings (SSSR count). The maximum atomic E-state index is 12.1. The summed E-state index contributed by atoms with van der Waals surface area (Å²) in [6.07, 6.45) is 1.42. The Morgan fingerprint density at radius 2 is 2.25 bits per heavy atom. The van der Waals surface area contributed by atoms with Gasteiger partial charge < -0.3 is 4.74 Å². The summed E-state index contributed by atoms with van der Waals surface area (Å²) in [6.45, 7) is 4.34. The van der Waals surface area contributed by atoms with E-state index >= 15 is 0 Å². The molecule has 0 saturated carbocycles. The number of methoxy groups -OCH3 is 1. The first-order valence-corrected chi connectivity index (χ1v) is 6.44. The highest BCUT2D eigenvalue weighted by molar-refractivity contribution is 7.89. The fraction of sp³-hybridized carbons (Fsp3) is 0.667. The second-order valence-corrected chi connectivity index (χ2v) is 5.48. The van der Waals surface area contributed by atoms with Gasteiger partial charge in [0.15, 0.2) is 5.03 Å². The molecular formula is C9H17N3O3S. The molecule has 0 atom stereocenters. The molecule has 1 heterocycles. The number of ether oxygens (including phenoxy) is 1. The minimum absolute atomic E-state index is 0.109. The van der Waals surface area contributed by atoms with Gasteiger partial charge in [-0.3, -0.25) is 5.10 Å². The summed E-state index contributed by atoms with van der Waals surface area (Å²) < 4.78 is 30.6. The molecule has 0 radical (unpaired) electrons. The Morgan fingerprint density at radius 1 is 1.56 bits per heavy atom. The van der Waals surface area contributed by atoms with Crippen molar-refractivity contribution in [3.05, 3.63) is 12.3 Å². The van der Waals surface area contributed by atoms with Crippen LogP contribution >= 0.6 is 0 Å². The molecule has 0 aromatic carbocycles. The fourth-order valence-electron chi connectivity index (χ4n) is 1.35. The van der Waals surface area contributed by atoms with E-state index in [0.717, 1.165) is 0 Å². The van der Waals surface area contributed by atoms with Crippen LogP contribution in [0.25, 0.3) is 0 Å². The molecule has 0 fully saturated rings. The van der Waals surface area contributed by atoms with E-state index in [0.29, 0.717) is 13.2 Å². The molecule has 0 aliphatic carbocycles. The Bertz CT molecular complexity index is 400. The molecule has 6 nitrogen and oxygen atoms in total. The second kappa shape index (κ2) is 5.42. The first-order chi connectivity index (χ1) is 7.50. The predicted molar refractivity (Wildman–Crippen MR) is 59.5 cm³/mol. The van der Waals surface area contributed by atoms with Crippen molar-refractivity contribution in [3.63, 3.8) is 0 Å². The first kappa shape index (κ1) is 13.1. The van der Waals surface area contributed by atoms with Gasteiger partial charge in [0.1, 0.15) is 0 Å². The van der Waals surface area contributed by atoms with Crippen LogP contribution in [-0.2, 0) is 14.8 Å². The molecule has 1 aromatic rings.